The van der Waals surface area contributed by atoms with E-state index in [1.165, 1.54) is 0 Å². The number of amides is 3. The van der Waals surface area contributed by atoms with Crippen LogP contribution < -0.4 is 10.1 Å². The maximum Gasteiger partial charge on any atom is 0.240 e. The van der Waals surface area contributed by atoms with Crippen molar-refractivity contribution in [2.75, 3.05) is 13.2 Å². The minimum Gasteiger partial charge on any atom is -0.478 e. The van der Waals surface area contributed by atoms with E-state index in [-0.39, 0.29) is 43.0 Å². The van der Waals surface area contributed by atoms with Crippen molar-refractivity contribution in [3.63, 3.8) is 0 Å². The number of imide groups is 1. The first-order chi connectivity index (χ1) is 12.6. The van der Waals surface area contributed by atoms with Crippen LogP contribution in [-0.4, -0.2) is 53.0 Å². The number of nitrogens with one attached hydrogen (secondary N) is 1. The Morgan fingerprint density at radius 3 is 2.65 bits per heavy atom. The second-order valence-corrected chi connectivity index (χ2v) is 6.78. The predicted molar refractivity (Wildman–Crippen MR) is 88.8 cm³/mol. The molecule has 138 valence electrons. The Morgan fingerprint density at radius 1 is 1.31 bits per heavy atom. The van der Waals surface area contributed by atoms with Crippen LogP contribution in [0.5, 0.6) is 5.88 Å². The topological polar surface area (TPSA) is 97.8 Å². The maximum absolute atomic E-state index is 12.6. The molecule has 3 saturated heterocycles. The fourth-order valence-corrected chi connectivity index (χ4v) is 4.15. The Kier molecular flexibility index (Phi) is 4.36. The molecule has 1 aromatic heterocycles. The zero-order valence-electron chi connectivity index (χ0n) is 14.5. The Morgan fingerprint density at radius 2 is 2.00 bits per heavy atom. The number of pyridine rings is 1. The van der Waals surface area contributed by atoms with E-state index < -0.39 is 11.8 Å². The summed E-state index contributed by atoms with van der Waals surface area (Å²) in [5.74, 6) is -1.29. The summed E-state index contributed by atoms with van der Waals surface area (Å²) in [5, 5.41) is 2.73. The smallest absolute Gasteiger partial charge is 0.240 e. The summed E-state index contributed by atoms with van der Waals surface area (Å²) in [5.41, 5.74) is 0.741. The van der Waals surface area contributed by atoms with Gasteiger partial charge in [-0.15, -0.1) is 0 Å². The van der Waals surface area contributed by atoms with E-state index in [4.69, 9.17) is 9.47 Å². The summed E-state index contributed by atoms with van der Waals surface area (Å²) < 4.78 is 11.1. The van der Waals surface area contributed by atoms with Gasteiger partial charge in [0, 0.05) is 18.3 Å². The fourth-order valence-electron chi connectivity index (χ4n) is 4.15. The lowest BCUT2D eigenvalue weighted by atomic mass is 9.81. The van der Waals surface area contributed by atoms with Crippen LogP contribution in [-0.2, 0) is 25.7 Å². The average molecular weight is 359 g/mol. The molecule has 0 saturated carbocycles. The minimum absolute atomic E-state index is 0.168. The van der Waals surface area contributed by atoms with E-state index in [1.54, 1.807) is 12.3 Å². The van der Waals surface area contributed by atoms with Crippen molar-refractivity contribution in [3.8, 4) is 5.88 Å². The molecule has 0 radical (unpaired) electrons. The van der Waals surface area contributed by atoms with Gasteiger partial charge in [0.2, 0.25) is 23.6 Å². The maximum atomic E-state index is 12.6. The van der Waals surface area contributed by atoms with Crippen LogP contribution in [0.2, 0.25) is 0 Å². The van der Waals surface area contributed by atoms with Gasteiger partial charge in [0.05, 0.1) is 30.7 Å². The fraction of sp³-hybridized carbons (Fsp3) is 0.556. The highest BCUT2D eigenvalue weighted by molar-refractivity contribution is 6.08. The molecule has 3 amide bonds. The quantitative estimate of drug-likeness (QED) is 0.732. The molecule has 8 nitrogen and oxygen atoms in total. The number of aromatic nitrogens is 1. The van der Waals surface area contributed by atoms with E-state index >= 15 is 0 Å². The third-order valence-electron chi connectivity index (χ3n) is 5.28. The van der Waals surface area contributed by atoms with Gasteiger partial charge in [-0.1, -0.05) is 6.07 Å². The summed E-state index contributed by atoms with van der Waals surface area (Å²) in [6.07, 6.45) is 2.91. The molecule has 26 heavy (non-hydrogen) atoms. The van der Waals surface area contributed by atoms with Gasteiger partial charge in [0.1, 0.15) is 6.54 Å². The molecule has 1 aromatic rings. The van der Waals surface area contributed by atoms with E-state index in [1.807, 2.05) is 13.0 Å². The third kappa shape index (κ3) is 2.74. The third-order valence-corrected chi connectivity index (χ3v) is 5.28. The molecule has 4 heterocycles. The average Bonchev–Trinajstić information content (AvgIpc) is 3.31. The van der Waals surface area contributed by atoms with E-state index in [0.29, 0.717) is 12.5 Å². The van der Waals surface area contributed by atoms with E-state index in [2.05, 4.69) is 10.3 Å². The summed E-state index contributed by atoms with van der Waals surface area (Å²) in [6.45, 7) is 2.30. The SMILES string of the molecule is CCOc1ncccc1CNC(=O)CN1C(=O)C2C3CCC(O3)C2C1=O. The van der Waals surface area contributed by atoms with Crippen LogP contribution >= 0.6 is 0 Å². The van der Waals surface area contributed by atoms with Crippen molar-refractivity contribution in [1.82, 2.24) is 15.2 Å². The first-order valence-corrected chi connectivity index (χ1v) is 8.94. The Balaban J connectivity index is 1.37. The second-order valence-electron chi connectivity index (χ2n) is 6.78. The van der Waals surface area contributed by atoms with Crippen molar-refractivity contribution in [2.24, 2.45) is 11.8 Å². The van der Waals surface area contributed by atoms with Gasteiger partial charge in [-0.25, -0.2) is 4.98 Å². The van der Waals surface area contributed by atoms with Gasteiger partial charge >= 0.3 is 0 Å². The number of hydrogen-bond acceptors (Lipinski definition) is 6. The molecule has 2 bridgehead atoms. The van der Waals surface area contributed by atoms with Crippen LogP contribution in [0.15, 0.2) is 18.3 Å². The zero-order chi connectivity index (χ0) is 18.3. The number of rotatable bonds is 6. The molecule has 4 rings (SSSR count). The molecule has 0 spiro atoms. The Labute approximate surface area is 150 Å². The Bertz CT molecular complexity index is 724. The van der Waals surface area contributed by atoms with Gasteiger partial charge in [0.25, 0.3) is 0 Å². The number of hydrogen-bond donors (Lipinski definition) is 1. The van der Waals surface area contributed by atoms with Gasteiger partial charge in [0.15, 0.2) is 0 Å². The first-order valence-electron chi connectivity index (χ1n) is 8.94. The van der Waals surface area contributed by atoms with Crippen molar-refractivity contribution in [1.29, 1.82) is 0 Å². The number of ether oxygens (including phenoxy) is 2. The highest BCUT2D eigenvalue weighted by atomic mass is 16.5. The number of nitrogens with zero attached hydrogens (tertiary/aromatic N) is 2. The number of carbonyl (C=O) groups is 3. The Hall–Kier alpha value is -2.48. The highest BCUT2D eigenvalue weighted by Gasteiger charge is 2.62. The zero-order valence-corrected chi connectivity index (χ0v) is 14.5. The normalized spacial score (nSPS) is 29.2. The van der Waals surface area contributed by atoms with Crippen molar-refractivity contribution < 1.29 is 23.9 Å². The van der Waals surface area contributed by atoms with Gasteiger partial charge in [-0.2, -0.15) is 0 Å². The van der Waals surface area contributed by atoms with Crippen LogP contribution in [0, 0.1) is 11.8 Å². The molecule has 4 atom stereocenters. The van der Waals surface area contributed by atoms with Gasteiger partial charge in [-0.05, 0) is 25.8 Å². The van der Waals surface area contributed by atoms with E-state index in [0.717, 1.165) is 23.3 Å². The molecule has 3 aliphatic rings. The number of likely N-dealkylation sites (tertiary alicyclic amines) is 1. The van der Waals surface area contributed by atoms with Gasteiger partial charge < -0.3 is 14.8 Å². The van der Waals surface area contributed by atoms with Crippen molar-refractivity contribution in [3.05, 3.63) is 23.9 Å². The van der Waals surface area contributed by atoms with Crippen LogP contribution in [0.4, 0.5) is 0 Å². The number of fused-ring (bicyclic) bond motifs is 5. The second kappa shape index (κ2) is 6.68. The largest absolute Gasteiger partial charge is 0.478 e. The lowest BCUT2D eigenvalue weighted by Gasteiger charge is -2.17. The monoisotopic (exact) mass is 359 g/mol. The molecule has 3 fully saturated rings. The highest BCUT2D eigenvalue weighted by Crippen LogP contribution is 2.48. The van der Waals surface area contributed by atoms with Crippen molar-refractivity contribution >= 4 is 17.7 Å². The summed E-state index contributed by atoms with van der Waals surface area (Å²) in [7, 11) is 0. The molecule has 8 heteroatoms. The van der Waals surface area contributed by atoms with Crippen molar-refractivity contribution in [2.45, 2.75) is 38.5 Å². The molecular weight excluding hydrogens is 338 g/mol. The number of carbonyl (C=O) groups excluding carboxylic acids is 3. The molecular formula is C18H21N3O5. The summed E-state index contributed by atoms with van der Waals surface area (Å²) in [6, 6.07) is 3.57. The van der Waals surface area contributed by atoms with Crippen LogP contribution in [0.1, 0.15) is 25.3 Å². The standard InChI is InChI=1S/C18H21N3O5/c1-2-25-16-10(4-3-7-19-16)8-20-13(22)9-21-17(23)14-11-5-6-12(26-11)15(14)18(21)24/h3-4,7,11-12,14-15H,2,5-6,8-9H2,1H3,(H,20,22). The molecule has 4 unspecified atom stereocenters. The minimum atomic E-state index is -0.406. The first kappa shape index (κ1) is 17.0. The molecule has 0 aromatic carbocycles. The predicted octanol–water partition coefficient (Wildman–Crippen LogP) is 0.259. The van der Waals surface area contributed by atoms with E-state index in [9.17, 15) is 14.4 Å². The molecule has 1 N–H and O–H groups in total. The molecule has 3 aliphatic heterocycles. The molecule has 0 aliphatic carbocycles. The summed E-state index contributed by atoms with van der Waals surface area (Å²) >= 11 is 0. The lowest BCUT2D eigenvalue weighted by molar-refractivity contribution is -0.146. The van der Waals surface area contributed by atoms with Crippen LogP contribution in [0.3, 0.4) is 0 Å². The lowest BCUT2D eigenvalue weighted by Crippen LogP contribution is -2.42. The van der Waals surface area contributed by atoms with Crippen LogP contribution in [0.25, 0.3) is 0 Å². The van der Waals surface area contributed by atoms with Gasteiger partial charge in [-0.3, -0.25) is 19.3 Å². The summed E-state index contributed by atoms with van der Waals surface area (Å²) in [4.78, 5) is 42.6.